The molecule has 0 aliphatic rings. The van der Waals surface area contributed by atoms with E-state index in [4.69, 9.17) is 0 Å². The third-order valence-electron chi connectivity index (χ3n) is 4.93. The van der Waals surface area contributed by atoms with Crippen LogP contribution in [0.1, 0.15) is 17.0 Å². The molecule has 4 aromatic rings. The quantitative estimate of drug-likeness (QED) is 0.426. The molecule has 0 fully saturated rings. The number of nitrogens with one attached hydrogen (secondary N) is 2. The number of aromatic nitrogens is 2. The van der Waals surface area contributed by atoms with Gasteiger partial charge in [0, 0.05) is 5.56 Å². The third-order valence-corrected chi connectivity index (χ3v) is 6.40. The summed E-state index contributed by atoms with van der Waals surface area (Å²) in [7, 11) is -2.28. The smallest absolute Gasteiger partial charge is 0.338 e. The Morgan fingerprint density at radius 2 is 1.69 bits per heavy atom. The highest BCUT2D eigenvalue weighted by Crippen LogP contribution is 2.30. The predicted molar refractivity (Wildman–Crippen MR) is 118 cm³/mol. The summed E-state index contributed by atoms with van der Waals surface area (Å²) < 4.78 is 65.1. The topological polar surface area (TPSA) is 74.8 Å². The Morgan fingerprint density at radius 3 is 2.38 bits per heavy atom. The van der Waals surface area contributed by atoms with Gasteiger partial charge in [0.05, 0.1) is 21.5 Å². The van der Waals surface area contributed by atoms with E-state index in [9.17, 15) is 21.6 Å². The molecule has 0 aliphatic heterocycles. The first-order valence-corrected chi connectivity index (χ1v) is 11.0. The van der Waals surface area contributed by atoms with Crippen LogP contribution in [-0.2, 0) is 16.2 Å². The fourth-order valence-corrected chi connectivity index (χ4v) is 4.23. The molecule has 0 spiro atoms. The van der Waals surface area contributed by atoms with E-state index >= 15 is 0 Å². The molecule has 0 amide bonds. The number of benzene rings is 3. The molecule has 0 radical (unpaired) electrons. The summed E-state index contributed by atoms with van der Waals surface area (Å²) >= 11 is 0. The summed E-state index contributed by atoms with van der Waals surface area (Å²) in [4.78, 5) is 7.79. The number of rotatable bonds is 5. The van der Waals surface area contributed by atoms with Gasteiger partial charge >= 0.3 is 6.18 Å². The summed E-state index contributed by atoms with van der Waals surface area (Å²) in [5.74, 6) is 0.521. The van der Waals surface area contributed by atoms with Crippen LogP contribution in [0.2, 0.25) is 0 Å². The van der Waals surface area contributed by atoms with Crippen LogP contribution in [0, 0.1) is 0 Å². The van der Waals surface area contributed by atoms with Gasteiger partial charge in [-0.15, -0.1) is 0 Å². The van der Waals surface area contributed by atoms with Crippen molar-refractivity contribution in [3.05, 3.63) is 83.7 Å². The van der Waals surface area contributed by atoms with Crippen LogP contribution >= 0.6 is 0 Å². The number of nitrogens with zero attached hydrogens (tertiary/aromatic N) is 1. The van der Waals surface area contributed by atoms with Crippen LogP contribution in [0.5, 0.6) is 0 Å². The van der Waals surface area contributed by atoms with Gasteiger partial charge in [0.2, 0.25) is 10.0 Å². The average molecular weight is 457 g/mol. The number of alkyl halides is 3. The molecule has 2 N–H and O–H groups in total. The molecule has 164 valence electrons. The number of sulfonamides is 1. The minimum atomic E-state index is -4.37. The first-order valence-electron chi connectivity index (χ1n) is 9.55. The lowest BCUT2D eigenvalue weighted by atomic mass is 10.1. The lowest BCUT2D eigenvalue weighted by Gasteiger charge is -2.09. The fourth-order valence-electron chi connectivity index (χ4n) is 3.28. The molecule has 0 saturated heterocycles. The molecule has 0 atom stereocenters. The molecule has 0 aliphatic carbocycles. The monoisotopic (exact) mass is 457 g/mol. The van der Waals surface area contributed by atoms with E-state index in [1.807, 2.05) is 0 Å². The second-order valence-corrected chi connectivity index (χ2v) is 8.87. The summed E-state index contributed by atoms with van der Waals surface area (Å²) in [6.45, 7) is 0. The van der Waals surface area contributed by atoms with E-state index in [1.165, 1.54) is 25.2 Å². The summed E-state index contributed by atoms with van der Waals surface area (Å²) in [6, 6.07) is 16.9. The second kappa shape index (κ2) is 8.25. The van der Waals surface area contributed by atoms with E-state index in [0.717, 1.165) is 17.6 Å². The molecule has 9 heteroatoms. The number of imidazole rings is 1. The van der Waals surface area contributed by atoms with Crippen LogP contribution < -0.4 is 4.72 Å². The Hall–Kier alpha value is -3.43. The molecule has 0 unspecified atom stereocenters. The maximum absolute atomic E-state index is 12.7. The maximum Gasteiger partial charge on any atom is 0.416 e. The van der Waals surface area contributed by atoms with Crippen LogP contribution in [0.4, 0.5) is 13.2 Å². The molecule has 32 heavy (non-hydrogen) atoms. The first-order chi connectivity index (χ1) is 15.2. The Kier molecular flexibility index (Phi) is 5.62. The average Bonchev–Trinajstić information content (AvgIpc) is 3.19. The molecule has 4 rings (SSSR count). The van der Waals surface area contributed by atoms with Crippen molar-refractivity contribution in [2.75, 3.05) is 7.05 Å². The first kappa shape index (κ1) is 21.8. The van der Waals surface area contributed by atoms with Crippen LogP contribution in [0.3, 0.4) is 0 Å². The zero-order valence-electron chi connectivity index (χ0n) is 16.8. The molecule has 5 nitrogen and oxygen atoms in total. The van der Waals surface area contributed by atoms with Crippen LogP contribution in [0.25, 0.3) is 34.3 Å². The number of fused-ring (bicyclic) bond motifs is 1. The van der Waals surface area contributed by atoms with Crippen LogP contribution in [-0.4, -0.2) is 25.4 Å². The summed E-state index contributed by atoms with van der Waals surface area (Å²) in [5.41, 5.74) is 2.52. The van der Waals surface area contributed by atoms with E-state index in [-0.39, 0.29) is 4.90 Å². The van der Waals surface area contributed by atoms with Gasteiger partial charge in [0.1, 0.15) is 5.82 Å². The van der Waals surface area contributed by atoms with Crippen molar-refractivity contribution < 1.29 is 21.6 Å². The van der Waals surface area contributed by atoms with Gasteiger partial charge in [-0.3, -0.25) is 0 Å². The van der Waals surface area contributed by atoms with Crippen molar-refractivity contribution in [3.63, 3.8) is 0 Å². The zero-order chi connectivity index (χ0) is 22.9. The number of hydrogen-bond donors (Lipinski definition) is 2. The lowest BCUT2D eigenvalue weighted by molar-refractivity contribution is -0.137. The number of aromatic amines is 1. The Labute approximate surface area is 182 Å². The number of halogens is 3. The lowest BCUT2D eigenvalue weighted by Crippen LogP contribution is -2.19. The van der Waals surface area contributed by atoms with Gasteiger partial charge in [-0.25, -0.2) is 18.1 Å². The second-order valence-electron chi connectivity index (χ2n) is 7.01. The fraction of sp³-hybridized carbons (Fsp3) is 0.0870. The van der Waals surface area contributed by atoms with Gasteiger partial charge in [0.15, 0.2) is 0 Å². The van der Waals surface area contributed by atoms with Gasteiger partial charge in [-0.2, -0.15) is 13.2 Å². The molecular weight excluding hydrogens is 439 g/mol. The Bertz CT molecular complexity index is 1410. The minimum absolute atomic E-state index is 0.166. The molecule has 0 bridgehead atoms. The van der Waals surface area contributed by atoms with Gasteiger partial charge in [0.25, 0.3) is 0 Å². The molecule has 1 aromatic heterocycles. The predicted octanol–water partition coefficient (Wildman–Crippen LogP) is 5.33. The number of H-pyrrole nitrogens is 1. The van der Waals surface area contributed by atoms with Crippen LogP contribution in [0.15, 0.2) is 71.6 Å². The highest BCUT2D eigenvalue weighted by atomic mass is 32.2. The van der Waals surface area contributed by atoms with Crippen molar-refractivity contribution in [2.45, 2.75) is 11.1 Å². The van der Waals surface area contributed by atoms with Crippen molar-refractivity contribution in [3.8, 4) is 11.1 Å². The largest absolute Gasteiger partial charge is 0.416 e. The van der Waals surface area contributed by atoms with Crippen molar-refractivity contribution in [1.82, 2.24) is 14.7 Å². The Balaban J connectivity index is 1.64. The van der Waals surface area contributed by atoms with Gasteiger partial charge < -0.3 is 4.98 Å². The molecule has 3 aromatic carbocycles. The van der Waals surface area contributed by atoms with E-state index in [0.29, 0.717) is 28.0 Å². The van der Waals surface area contributed by atoms with Crippen molar-refractivity contribution in [1.29, 1.82) is 0 Å². The summed E-state index contributed by atoms with van der Waals surface area (Å²) in [5, 5.41) is 0. The SMILES string of the molecule is CNS(=O)(=O)c1ccccc1-c1ccc2[nH]c(/C=C/c3ccc(C(F)(F)F)cc3)nc2c1. The van der Waals surface area contributed by atoms with E-state index in [2.05, 4.69) is 14.7 Å². The third kappa shape index (κ3) is 4.44. The molecular formula is C23H18F3N3O2S. The zero-order valence-corrected chi connectivity index (χ0v) is 17.6. The standard InChI is InChI=1S/C23H18F3N3O2S/c1-27-32(30,31)21-5-3-2-4-18(21)16-9-12-19-20(14-16)29-22(28-19)13-8-15-6-10-17(11-7-15)23(24,25)26/h2-14,27H,1H3,(H,28,29)/b13-8+. The number of hydrogen-bond acceptors (Lipinski definition) is 3. The maximum atomic E-state index is 12.7. The van der Waals surface area contributed by atoms with E-state index in [1.54, 1.807) is 48.6 Å². The van der Waals surface area contributed by atoms with Gasteiger partial charge in [-0.1, -0.05) is 42.5 Å². The Morgan fingerprint density at radius 1 is 0.969 bits per heavy atom. The normalized spacial score (nSPS) is 12.6. The highest BCUT2D eigenvalue weighted by molar-refractivity contribution is 7.89. The van der Waals surface area contributed by atoms with Crippen molar-refractivity contribution in [2.24, 2.45) is 0 Å². The minimum Gasteiger partial charge on any atom is -0.338 e. The molecule has 0 saturated carbocycles. The highest BCUT2D eigenvalue weighted by Gasteiger charge is 2.29. The van der Waals surface area contributed by atoms with E-state index < -0.39 is 21.8 Å². The van der Waals surface area contributed by atoms with Gasteiger partial charge in [-0.05, 0) is 54.6 Å². The molecule has 1 heterocycles. The van der Waals surface area contributed by atoms with Crippen molar-refractivity contribution >= 4 is 33.2 Å². The summed E-state index contributed by atoms with van der Waals surface area (Å²) in [6.07, 6.45) is -1.04.